The van der Waals surface area contributed by atoms with E-state index in [0.29, 0.717) is 0 Å². The van der Waals surface area contributed by atoms with Crippen LogP contribution in [0.2, 0.25) is 0 Å². The molecule has 0 radical (unpaired) electrons. The summed E-state index contributed by atoms with van der Waals surface area (Å²) in [6.45, 7) is 4.08. The van der Waals surface area contributed by atoms with Gasteiger partial charge in [0.25, 0.3) is 5.91 Å². The molecule has 2 aromatic rings. The lowest BCUT2D eigenvalue weighted by Crippen LogP contribution is -2.13. The Hall–Kier alpha value is -1.66. The molecule has 18 heavy (non-hydrogen) atoms. The molecule has 1 atom stereocenters. The second-order valence-corrected chi connectivity index (χ2v) is 5.17. The average Bonchev–Trinajstić information content (AvgIpc) is 2.40. The first-order chi connectivity index (χ1) is 8.70. The lowest BCUT2D eigenvalue weighted by atomic mass is 10.1. The van der Waals surface area contributed by atoms with Gasteiger partial charge in [0.15, 0.2) is 0 Å². The molecule has 2 rings (SSSR count). The van der Waals surface area contributed by atoms with Gasteiger partial charge in [0, 0.05) is 11.3 Å². The van der Waals surface area contributed by atoms with Gasteiger partial charge < -0.3 is 5.32 Å². The fourth-order valence-corrected chi connectivity index (χ4v) is 2.25. The summed E-state index contributed by atoms with van der Waals surface area (Å²) in [7, 11) is 0.780. The second kappa shape index (κ2) is 5.79. The van der Waals surface area contributed by atoms with Crippen LogP contribution in [0.5, 0.6) is 0 Å². The lowest BCUT2D eigenvalue weighted by molar-refractivity contribution is 0.102. The third-order valence-electron chi connectivity index (χ3n) is 2.82. The molecule has 0 aliphatic rings. The predicted octanol–water partition coefficient (Wildman–Crippen LogP) is 3.18. The summed E-state index contributed by atoms with van der Waals surface area (Å²) >= 11 is 0. The van der Waals surface area contributed by atoms with Crippen LogP contribution < -0.4 is 10.6 Å². The van der Waals surface area contributed by atoms with Crippen LogP contribution in [-0.2, 0) is 0 Å². The molecule has 3 heteroatoms. The summed E-state index contributed by atoms with van der Waals surface area (Å²) in [5.74, 6) is -0.0557. The zero-order chi connectivity index (χ0) is 13.0. The summed E-state index contributed by atoms with van der Waals surface area (Å²) in [6.07, 6.45) is 0. The lowest BCUT2D eigenvalue weighted by Gasteiger charge is -2.08. The summed E-state index contributed by atoms with van der Waals surface area (Å²) in [5.41, 5.74) is 2.55. The number of hydrogen-bond acceptors (Lipinski definition) is 1. The molecule has 0 heterocycles. The molecule has 0 aliphatic carbocycles. The van der Waals surface area contributed by atoms with Crippen LogP contribution >= 0.6 is 8.58 Å². The van der Waals surface area contributed by atoms with Crippen molar-refractivity contribution in [2.45, 2.75) is 6.92 Å². The fourth-order valence-electron chi connectivity index (χ4n) is 1.75. The molecule has 0 saturated carbocycles. The Balaban J connectivity index is 2.14. The number of aryl methyl sites for hydroxylation is 1. The highest BCUT2D eigenvalue weighted by molar-refractivity contribution is 7.46. The maximum absolute atomic E-state index is 12.1. The second-order valence-electron chi connectivity index (χ2n) is 4.10. The molecule has 1 unspecified atom stereocenters. The number of carbonyl (C=O) groups excluding carboxylic acids is 1. The van der Waals surface area contributed by atoms with Crippen LogP contribution in [0, 0.1) is 6.92 Å². The molecular weight excluding hydrogens is 241 g/mol. The summed E-state index contributed by atoms with van der Waals surface area (Å²) < 4.78 is 0. The van der Waals surface area contributed by atoms with Crippen molar-refractivity contribution in [2.75, 3.05) is 12.0 Å². The normalized spacial score (nSPS) is 10.8. The molecule has 0 aliphatic heterocycles. The van der Waals surface area contributed by atoms with E-state index >= 15 is 0 Å². The smallest absolute Gasteiger partial charge is 0.255 e. The van der Waals surface area contributed by atoms with Gasteiger partial charge in [0.05, 0.1) is 0 Å². The van der Waals surface area contributed by atoms with E-state index in [9.17, 15) is 4.79 Å². The predicted molar refractivity (Wildman–Crippen MR) is 79.4 cm³/mol. The minimum atomic E-state index is -0.0557. The maximum Gasteiger partial charge on any atom is 0.255 e. The SMILES string of the molecule is CPc1ccc(NC(=O)c2ccccc2C)cc1. The van der Waals surface area contributed by atoms with E-state index in [0.717, 1.165) is 25.4 Å². The van der Waals surface area contributed by atoms with Gasteiger partial charge in [0.2, 0.25) is 0 Å². The van der Waals surface area contributed by atoms with Crippen LogP contribution in [0.4, 0.5) is 5.69 Å². The Morgan fingerprint density at radius 3 is 2.33 bits per heavy atom. The number of anilines is 1. The van der Waals surface area contributed by atoms with E-state index in [1.807, 2.05) is 55.5 Å². The summed E-state index contributed by atoms with van der Waals surface area (Å²) in [5, 5.41) is 4.21. The van der Waals surface area contributed by atoms with E-state index in [1.54, 1.807) is 0 Å². The molecule has 0 saturated heterocycles. The van der Waals surface area contributed by atoms with Crippen LogP contribution in [0.25, 0.3) is 0 Å². The van der Waals surface area contributed by atoms with E-state index in [2.05, 4.69) is 12.0 Å². The molecule has 0 spiro atoms. The molecule has 0 fully saturated rings. The van der Waals surface area contributed by atoms with Crippen molar-refractivity contribution in [2.24, 2.45) is 0 Å². The van der Waals surface area contributed by atoms with Gasteiger partial charge in [-0.2, -0.15) is 0 Å². The van der Waals surface area contributed by atoms with Gasteiger partial charge in [-0.3, -0.25) is 4.79 Å². The molecule has 2 aromatic carbocycles. The van der Waals surface area contributed by atoms with Crippen LogP contribution in [-0.4, -0.2) is 12.6 Å². The highest BCUT2D eigenvalue weighted by Crippen LogP contribution is 2.13. The van der Waals surface area contributed by atoms with Gasteiger partial charge in [-0.1, -0.05) is 38.9 Å². The highest BCUT2D eigenvalue weighted by atomic mass is 31.1. The molecule has 0 aromatic heterocycles. The van der Waals surface area contributed by atoms with E-state index < -0.39 is 0 Å². The quantitative estimate of drug-likeness (QED) is 0.841. The molecule has 0 bridgehead atoms. The first kappa shape index (κ1) is 12.8. The number of rotatable bonds is 3. The first-order valence-corrected chi connectivity index (χ1v) is 7.35. The zero-order valence-corrected chi connectivity index (χ0v) is 11.5. The van der Waals surface area contributed by atoms with Crippen LogP contribution in [0.3, 0.4) is 0 Å². The summed E-state index contributed by atoms with van der Waals surface area (Å²) in [6, 6.07) is 15.6. The first-order valence-electron chi connectivity index (χ1n) is 5.85. The molecular formula is C15H16NOP. The number of carbonyl (C=O) groups is 1. The van der Waals surface area contributed by atoms with Crippen molar-refractivity contribution >= 4 is 25.5 Å². The number of hydrogen-bond donors (Lipinski definition) is 1. The number of nitrogens with one attached hydrogen (secondary N) is 1. The topological polar surface area (TPSA) is 29.1 Å². The summed E-state index contributed by atoms with van der Waals surface area (Å²) in [4.78, 5) is 12.1. The van der Waals surface area contributed by atoms with E-state index in [4.69, 9.17) is 0 Å². The largest absolute Gasteiger partial charge is 0.322 e. The van der Waals surface area contributed by atoms with Gasteiger partial charge >= 0.3 is 0 Å². The Kier molecular flexibility index (Phi) is 4.11. The maximum atomic E-state index is 12.1. The zero-order valence-electron chi connectivity index (χ0n) is 10.5. The van der Waals surface area contributed by atoms with Crippen molar-refractivity contribution in [3.8, 4) is 0 Å². The molecule has 1 N–H and O–H groups in total. The number of benzene rings is 2. The van der Waals surface area contributed by atoms with Crippen molar-refractivity contribution in [3.05, 3.63) is 59.7 Å². The monoisotopic (exact) mass is 257 g/mol. The fraction of sp³-hybridized carbons (Fsp3) is 0.133. The minimum Gasteiger partial charge on any atom is -0.322 e. The van der Waals surface area contributed by atoms with Crippen molar-refractivity contribution in [1.29, 1.82) is 0 Å². The Labute approximate surface area is 109 Å². The van der Waals surface area contributed by atoms with E-state index in [1.165, 1.54) is 5.30 Å². The molecule has 92 valence electrons. The number of amides is 1. The average molecular weight is 257 g/mol. The van der Waals surface area contributed by atoms with Crippen molar-refractivity contribution in [1.82, 2.24) is 0 Å². The Bertz CT molecular complexity index is 549. The van der Waals surface area contributed by atoms with Crippen molar-refractivity contribution < 1.29 is 4.79 Å². The Morgan fingerprint density at radius 2 is 1.72 bits per heavy atom. The standard InChI is InChI=1S/C15H16NOP/c1-11-5-3-4-6-14(11)15(17)16-12-7-9-13(18-2)10-8-12/h3-10,18H,1-2H3,(H,16,17). The molecule has 2 nitrogen and oxygen atoms in total. The minimum absolute atomic E-state index is 0.0557. The molecule has 1 amide bonds. The van der Waals surface area contributed by atoms with Crippen LogP contribution in [0.15, 0.2) is 48.5 Å². The van der Waals surface area contributed by atoms with Crippen LogP contribution in [0.1, 0.15) is 15.9 Å². The Morgan fingerprint density at radius 1 is 1.06 bits per heavy atom. The van der Waals surface area contributed by atoms with Gasteiger partial charge in [0.1, 0.15) is 0 Å². The van der Waals surface area contributed by atoms with Gasteiger partial charge in [-0.15, -0.1) is 0 Å². The third kappa shape index (κ3) is 2.96. The van der Waals surface area contributed by atoms with Crippen molar-refractivity contribution in [3.63, 3.8) is 0 Å². The van der Waals surface area contributed by atoms with E-state index in [-0.39, 0.29) is 5.91 Å². The van der Waals surface area contributed by atoms with Gasteiger partial charge in [-0.25, -0.2) is 0 Å². The highest BCUT2D eigenvalue weighted by Gasteiger charge is 2.07. The van der Waals surface area contributed by atoms with Gasteiger partial charge in [-0.05, 0) is 42.7 Å². The third-order valence-corrected chi connectivity index (χ3v) is 3.73.